The Morgan fingerprint density at radius 2 is 1.67 bits per heavy atom. The third-order valence-electron chi connectivity index (χ3n) is 11.0. The predicted octanol–water partition coefficient (Wildman–Crippen LogP) is 7.47. The molecule has 2 amide bonds. The van der Waals surface area contributed by atoms with Gasteiger partial charge in [-0.25, -0.2) is 9.37 Å². The number of carbonyl (C=O) groups excluding carboxylic acids is 4. The van der Waals surface area contributed by atoms with Gasteiger partial charge in [0.25, 0.3) is 5.91 Å². The normalized spacial score (nSPS) is 17.5. The molecule has 4 rings (SSSR count). The van der Waals surface area contributed by atoms with Crippen molar-refractivity contribution in [2.75, 3.05) is 13.6 Å². The molecule has 0 spiro atoms. The Hall–Kier alpha value is -4.29. The number of hydrogen-bond acceptors (Lipinski definition) is 8. The highest BCUT2D eigenvalue weighted by molar-refractivity contribution is 7.12. The van der Waals surface area contributed by atoms with Crippen LogP contribution < -0.4 is 5.32 Å². The van der Waals surface area contributed by atoms with Gasteiger partial charge in [0.05, 0.1) is 12.0 Å². The van der Waals surface area contributed by atoms with E-state index in [1.54, 1.807) is 24.0 Å². The van der Waals surface area contributed by atoms with Crippen molar-refractivity contribution in [3.8, 4) is 0 Å². The molecule has 3 aromatic rings. The van der Waals surface area contributed by atoms with E-state index in [1.807, 2.05) is 65.1 Å². The summed E-state index contributed by atoms with van der Waals surface area (Å²) in [7, 11) is 1.98. The number of carboxylic acids is 1. The number of likely N-dealkylation sites (tertiary alicyclic amines) is 1. The first kappa shape index (κ1) is 43.4. The van der Waals surface area contributed by atoms with Crippen LogP contribution in [0.5, 0.6) is 0 Å². The zero-order valence-electron chi connectivity index (χ0n) is 33.0. The summed E-state index contributed by atoms with van der Waals surface area (Å²) in [5.41, 5.74) is 1.67. The maximum Gasteiger partial charge on any atom is 0.306 e. The van der Waals surface area contributed by atoms with Crippen molar-refractivity contribution in [1.29, 1.82) is 0 Å². The number of thiazole rings is 1. The third kappa shape index (κ3) is 12.4. The molecule has 1 saturated heterocycles. The summed E-state index contributed by atoms with van der Waals surface area (Å²) in [6, 6.07) is 14.1. The first-order valence-electron chi connectivity index (χ1n) is 19.5. The summed E-state index contributed by atoms with van der Waals surface area (Å²) in [4.78, 5) is 75.9. The van der Waals surface area contributed by atoms with Gasteiger partial charge in [0.15, 0.2) is 16.6 Å². The Balaban J connectivity index is 1.56. The van der Waals surface area contributed by atoms with E-state index in [4.69, 9.17) is 0 Å². The summed E-state index contributed by atoms with van der Waals surface area (Å²) in [6.45, 7) is 10.7. The second-order valence-corrected chi connectivity index (χ2v) is 16.4. The molecule has 0 bridgehead atoms. The molecule has 2 N–H and O–H groups in total. The van der Waals surface area contributed by atoms with Crippen LogP contribution in [0.4, 0.5) is 4.39 Å². The smallest absolute Gasteiger partial charge is 0.306 e. The molecule has 12 heteroatoms. The monoisotopic (exact) mass is 776 g/mol. The Bertz CT molecular complexity index is 1750. The van der Waals surface area contributed by atoms with Crippen molar-refractivity contribution < 1.29 is 33.5 Å². The van der Waals surface area contributed by atoms with Crippen LogP contribution in [-0.4, -0.2) is 81.0 Å². The molecular formula is C43H57FN4O6S. The first-order chi connectivity index (χ1) is 26.2. The van der Waals surface area contributed by atoms with E-state index in [-0.39, 0.29) is 78.3 Å². The fraction of sp³-hybridized carbons (Fsp3) is 0.535. The zero-order valence-corrected chi connectivity index (χ0v) is 33.8. The van der Waals surface area contributed by atoms with Crippen LogP contribution in [0.1, 0.15) is 111 Å². The number of nitrogens with one attached hydrogen (secondary N) is 1. The summed E-state index contributed by atoms with van der Waals surface area (Å²) >= 11 is 1.04. The molecule has 55 heavy (non-hydrogen) atoms. The maximum absolute atomic E-state index is 14.8. The Morgan fingerprint density at radius 1 is 0.982 bits per heavy atom. The van der Waals surface area contributed by atoms with Crippen LogP contribution in [0.3, 0.4) is 0 Å². The number of carboxylic acid groups (broad SMARTS) is 1. The van der Waals surface area contributed by atoms with Gasteiger partial charge in [-0.2, -0.15) is 0 Å². The number of nitrogens with zero attached hydrogens (tertiary/aromatic N) is 3. The lowest BCUT2D eigenvalue weighted by Crippen LogP contribution is -2.49. The average molecular weight is 777 g/mol. The number of hydrogen-bond donors (Lipinski definition) is 2. The lowest BCUT2D eigenvalue weighted by Gasteiger charge is -2.39. The number of piperidine rings is 1. The lowest BCUT2D eigenvalue weighted by molar-refractivity contribution is -0.144. The number of halogens is 1. The number of benzene rings is 2. The fourth-order valence-corrected chi connectivity index (χ4v) is 8.13. The molecular weight excluding hydrogens is 720 g/mol. The summed E-state index contributed by atoms with van der Waals surface area (Å²) in [6.07, 6.45) is 4.08. The largest absolute Gasteiger partial charge is 0.481 e. The molecule has 298 valence electrons. The van der Waals surface area contributed by atoms with Crippen LogP contribution in [0.15, 0.2) is 60.0 Å². The highest BCUT2D eigenvalue weighted by Gasteiger charge is 2.38. The lowest BCUT2D eigenvalue weighted by atomic mass is 9.82. The molecule has 2 heterocycles. The minimum atomic E-state index is -1.00. The highest BCUT2D eigenvalue weighted by atomic mass is 32.1. The second kappa shape index (κ2) is 20.6. The molecule has 10 nitrogen and oxygen atoms in total. The van der Waals surface area contributed by atoms with E-state index >= 15 is 0 Å². The van der Waals surface area contributed by atoms with E-state index in [0.29, 0.717) is 0 Å². The molecule has 2 aromatic carbocycles. The quantitative estimate of drug-likeness (QED) is 0.113. The van der Waals surface area contributed by atoms with Crippen LogP contribution >= 0.6 is 11.3 Å². The zero-order chi connectivity index (χ0) is 40.2. The molecule has 0 saturated carbocycles. The minimum absolute atomic E-state index is 0.0271. The average Bonchev–Trinajstić information content (AvgIpc) is 3.67. The van der Waals surface area contributed by atoms with Gasteiger partial charge in [-0.3, -0.25) is 28.9 Å². The van der Waals surface area contributed by atoms with E-state index in [0.717, 1.165) is 54.7 Å². The number of amides is 2. The SMILES string of the molecule is CCC(C)C(CC(=O)C1CCCCN1C)C(=O)N(Cc1ccccc1)[C@H](CC(=O)c1nc(C(=O)N[C@@H](Cc2ccc(F)cc2)C[C@H](C)C(=O)O)cs1)C(C)C. The standard InChI is InChI=1S/C43H57FN4O6S/c1-7-28(4)34(23-38(49)36-15-11-12-20-47(36)6)42(52)48(25-31-13-9-8-10-14-31)37(27(2)3)24-39(50)41-46-35(26-55-41)40(51)45-33(21-29(5)43(53)54)22-30-16-18-32(44)19-17-30/h8-10,13-14,16-19,26-29,33-34,36-37H,7,11-12,15,20-25H2,1-6H3,(H,45,51)(H,53,54)/t28?,29-,33+,34?,36?,37+/m0/s1. The molecule has 6 atom stereocenters. The Morgan fingerprint density at radius 3 is 2.29 bits per heavy atom. The number of rotatable bonds is 20. The molecule has 1 aliphatic rings. The van der Waals surface area contributed by atoms with Crippen LogP contribution in [0.25, 0.3) is 0 Å². The molecule has 1 aliphatic heterocycles. The third-order valence-corrected chi connectivity index (χ3v) is 11.9. The van der Waals surface area contributed by atoms with Crippen molar-refractivity contribution in [3.05, 3.63) is 87.6 Å². The summed E-state index contributed by atoms with van der Waals surface area (Å²) < 4.78 is 13.5. The van der Waals surface area contributed by atoms with Crippen molar-refractivity contribution in [2.45, 2.75) is 111 Å². The molecule has 3 unspecified atom stereocenters. The Kier molecular flexibility index (Phi) is 16.3. The van der Waals surface area contributed by atoms with Gasteiger partial charge >= 0.3 is 5.97 Å². The van der Waals surface area contributed by atoms with E-state index in [1.165, 1.54) is 17.5 Å². The second-order valence-electron chi connectivity index (χ2n) is 15.6. The van der Waals surface area contributed by atoms with Crippen molar-refractivity contribution in [1.82, 2.24) is 20.1 Å². The van der Waals surface area contributed by atoms with Gasteiger partial charge in [0.2, 0.25) is 5.91 Å². The molecule has 1 aromatic heterocycles. The molecule has 0 aliphatic carbocycles. The van der Waals surface area contributed by atoms with Crippen molar-refractivity contribution >= 4 is 40.7 Å². The van der Waals surface area contributed by atoms with E-state index in [2.05, 4.69) is 15.2 Å². The van der Waals surface area contributed by atoms with Crippen molar-refractivity contribution in [3.63, 3.8) is 0 Å². The van der Waals surface area contributed by atoms with Gasteiger partial charge in [-0.05, 0) is 74.4 Å². The van der Waals surface area contributed by atoms with E-state index < -0.39 is 41.6 Å². The summed E-state index contributed by atoms with van der Waals surface area (Å²) in [5, 5.41) is 14.0. The number of likely N-dealkylation sites (N-methyl/N-ethyl adjacent to an activating group) is 1. The van der Waals surface area contributed by atoms with Gasteiger partial charge in [0.1, 0.15) is 11.5 Å². The number of carbonyl (C=O) groups is 5. The van der Waals surface area contributed by atoms with Gasteiger partial charge in [-0.1, -0.05) is 89.9 Å². The maximum atomic E-state index is 14.8. The molecule has 1 fully saturated rings. The highest BCUT2D eigenvalue weighted by Crippen LogP contribution is 2.30. The van der Waals surface area contributed by atoms with Crippen LogP contribution in [0, 0.1) is 29.5 Å². The van der Waals surface area contributed by atoms with Gasteiger partial charge in [0, 0.05) is 42.8 Å². The Labute approximate surface area is 328 Å². The number of Topliss-reactive ketones (excluding diaryl/α,β-unsaturated/α-hetero) is 2. The van der Waals surface area contributed by atoms with E-state index in [9.17, 15) is 33.5 Å². The van der Waals surface area contributed by atoms with Crippen molar-refractivity contribution in [2.24, 2.45) is 23.7 Å². The predicted molar refractivity (Wildman–Crippen MR) is 212 cm³/mol. The number of aromatic nitrogens is 1. The van der Waals surface area contributed by atoms with Crippen LogP contribution in [0.2, 0.25) is 0 Å². The number of aliphatic carboxylic acids is 1. The topological polar surface area (TPSA) is 137 Å². The molecule has 0 radical (unpaired) electrons. The number of ketones is 2. The van der Waals surface area contributed by atoms with Crippen LogP contribution in [-0.2, 0) is 27.3 Å². The fourth-order valence-electron chi connectivity index (χ4n) is 7.38. The minimum Gasteiger partial charge on any atom is -0.481 e. The first-order valence-corrected chi connectivity index (χ1v) is 20.4. The van der Waals surface area contributed by atoms with Gasteiger partial charge in [-0.15, -0.1) is 11.3 Å². The van der Waals surface area contributed by atoms with Gasteiger partial charge < -0.3 is 15.3 Å². The summed E-state index contributed by atoms with van der Waals surface area (Å²) in [5.74, 6) is -3.79.